The van der Waals surface area contributed by atoms with Crippen LogP contribution >= 0.6 is 0 Å². The highest BCUT2D eigenvalue weighted by molar-refractivity contribution is 5.76. The number of nitrogens with one attached hydrogen (secondary N) is 1. The number of carbonyl (C=O) groups is 1. The largest absolute Gasteiger partial charge is 0.497 e. The SMILES string of the molecule is CNc1nc(C2CCCN(C(=O)CCc3ccc(OC)cc3)C2)nc2c1CCN(C)C2. The minimum absolute atomic E-state index is 0.198. The number of piperidine rings is 1. The zero-order valence-electron chi connectivity index (χ0n) is 18.9. The molecule has 1 amide bonds. The third kappa shape index (κ3) is 4.98. The molecule has 31 heavy (non-hydrogen) atoms. The smallest absolute Gasteiger partial charge is 0.222 e. The molecule has 1 fully saturated rings. The average molecular weight is 424 g/mol. The van der Waals surface area contributed by atoms with Gasteiger partial charge in [-0.25, -0.2) is 9.97 Å². The molecule has 2 aromatic rings. The summed E-state index contributed by atoms with van der Waals surface area (Å²) in [6.07, 6.45) is 4.27. The zero-order valence-corrected chi connectivity index (χ0v) is 18.9. The first-order valence-corrected chi connectivity index (χ1v) is 11.2. The van der Waals surface area contributed by atoms with Crippen LogP contribution in [0.1, 0.15) is 47.8 Å². The number of carbonyl (C=O) groups excluding carboxylic acids is 1. The lowest BCUT2D eigenvalue weighted by Gasteiger charge is -2.33. The Labute approximate surface area is 184 Å². The molecule has 1 unspecified atom stereocenters. The van der Waals surface area contributed by atoms with Gasteiger partial charge in [-0.15, -0.1) is 0 Å². The molecule has 0 saturated carbocycles. The Bertz CT molecular complexity index is 915. The third-order valence-corrected chi connectivity index (χ3v) is 6.44. The highest BCUT2D eigenvalue weighted by Crippen LogP contribution is 2.29. The molecule has 0 spiro atoms. The van der Waals surface area contributed by atoms with Gasteiger partial charge in [0.2, 0.25) is 5.91 Å². The summed E-state index contributed by atoms with van der Waals surface area (Å²) in [5, 5.41) is 3.27. The van der Waals surface area contributed by atoms with Crippen LogP contribution in [0, 0.1) is 0 Å². The standard InChI is InChI=1S/C24H33N5O2/c1-25-24-20-12-14-28(2)16-21(20)26-23(27-24)18-5-4-13-29(15-18)22(30)11-8-17-6-9-19(31-3)10-7-17/h6-7,9-10,18H,4-5,8,11-16H2,1-3H3,(H,25,26,27). The molecular weight excluding hydrogens is 390 g/mol. The molecule has 1 N–H and O–H groups in total. The second-order valence-corrected chi connectivity index (χ2v) is 8.62. The summed E-state index contributed by atoms with van der Waals surface area (Å²) in [4.78, 5) is 27.0. The molecule has 2 aliphatic rings. The minimum Gasteiger partial charge on any atom is -0.497 e. The van der Waals surface area contributed by atoms with Gasteiger partial charge in [-0.2, -0.15) is 0 Å². The van der Waals surface area contributed by atoms with Crippen LogP contribution in [0.4, 0.5) is 5.82 Å². The molecule has 2 aliphatic heterocycles. The molecule has 166 valence electrons. The van der Waals surface area contributed by atoms with E-state index in [2.05, 4.69) is 17.3 Å². The van der Waals surface area contributed by atoms with Crippen molar-refractivity contribution in [2.45, 2.75) is 44.6 Å². The average Bonchev–Trinajstić information content (AvgIpc) is 2.81. The molecule has 3 heterocycles. The number of likely N-dealkylation sites (N-methyl/N-ethyl adjacent to an activating group) is 1. The Balaban J connectivity index is 1.42. The monoisotopic (exact) mass is 423 g/mol. The molecule has 7 heteroatoms. The molecule has 0 aliphatic carbocycles. The number of methoxy groups -OCH3 is 1. The number of hydrogen-bond acceptors (Lipinski definition) is 6. The number of amides is 1. The number of aromatic nitrogens is 2. The van der Waals surface area contributed by atoms with Crippen LogP contribution in [0.5, 0.6) is 5.75 Å². The fourth-order valence-corrected chi connectivity index (χ4v) is 4.59. The molecule has 1 saturated heterocycles. The van der Waals surface area contributed by atoms with Gasteiger partial charge >= 0.3 is 0 Å². The van der Waals surface area contributed by atoms with Crippen molar-refractivity contribution in [3.63, 3.8) is 0 Å². The van der Waals surface area contributed by atoms with Gasteiger partial charge in [-0.05, 0) is 50.4 Å². The van der Waals surface area contributed by atoms with Crippen LogP contribution in [0.3, 0.4) is 0 Å². The molecule has 0 bridgehead atoms. The first kappa shape index (κ1) is 21.6. The van der Waals surface area contributed by atoms with Crippen LogP contribution in [0.15, 0.2) is 24.3 Å². The lowest BCUT2D eigenvalue weighted by Crippen LogP contribution is -2.40. The Hall–Kier alpha value is -2.67. The highest BCUT2D eigenvalue weighted by Gasteiger charge is 2.28. The summed E-state index contributed by atoms with van der Waals surface area (Å²) < 4.78 is 5.21. The second-order valence-electron chi connectivity index (χ2n) is 8.62. The fourth-order valence-electron chi connectivity index (χ4n) is 4.59. The van der Waals surface area contributed by atoms with E-state index in [9.17, 15) is 4.79 Å². The number of rotatable bonds is 6. The van der Waals surface area contributed by atoms with Crippen LogP contribution in [0.25, 0.3) is 0 Å². The van der Waals surface area contributed by atoms with Crippen molar-refractivity contribution in [3.05, 3.63) is 46.9 Å². The summed E-state index contributed by atoms with van der Waals surface area (Å²) in [6.45, 7) is 3.42. The van der Waals surface area contributed by atoms with Crippen LogP contribution in [-0.4, -0.2) is 66.5 Å². The second kappa shape index (κ2) is 9.64. The molecule has 0 radical (unpaired) electrons. The van der Waals surface area contributed by atoms with E-state index in [0.29, 0.717) is 13.0 Å². The summed E-state index contributed by atoms with van der Waals surface area (Å²) in [5.41, 5.74) is 3.53. The van der Waals surface area contributed by atoms with Crippen molar-refractivity contribution in [2.24, 2.45) is 0 Å². The van der Waals surface area contributed by atoms with Crippen molar-refractivity contribution in [1.82, 2.24) is 19.8 Å². The van der Waals surface area contributed by atoms with Gasteiger partial charge in [0.25, 0.3) is 0 Å². The minimum atomic E-state index is 0.198. The number of anilines is 1. The van der Waals surface area contributed by atoms with Gasteiger partial charge in [0.05, 0.1) is 12.8 Å². The van der Waals surface area contributed by atoms with Crippen LogP contribution in [-0.2, 0) is 24.2 Å². The van der Waals surface area contributed by atoms with E-state index >= 15 is 0 Å². The van der Waals surface area contributed by atoms with Crippen molar-refractivity contribution in [3.8, 4) is 5.75 Å². The predicted octanol–water partition coefficient (Wildman–Crippen LogP) is 2.85. The fraction of sp³-hybridized carbons (Fsp3) is 0.542. The van der Waals surface area contributed by atoms with Crippen LogP contribution < -0.4 is 10.1 Å². The first-order valence-electron chi connectivity index (χ1n) is 11.2. The van der Waals surface area contributed by atoms with Gasteiger partial charge < -0.3 is 19.9 Å². The van der Waals surface area contributed by atoms with E-state index in [0.717, 1.165) is 74.0 Å². The molecule has 1 aromatic heterocycles. The van der Waals surface area contributed by atoms with E-state index in [1.54, 1.807) is 7.11 Å². The first-order chi connectivity index (χ1) is 15.1. The number of aryl methyl sites for hydroxylation is 1. The maximum atomic E-state index is 12.9. The van der Waals surface area contributed by atoms with Crippen molar-refractivity contribution in [2.75, 3.05) is 46.2 Å². The lowest BCUT2D eigenvalue weighted by molar-refractivity contribution is -0.132. The van der Waals surface area contributed by atoms with E-state index in [1.165, 1.54) is 5.56 Å². The van der Waals surface area contributed by atoms with Gasteiger partial charge in [0.1, 0.15) is 17.4 Å². The third-order valence-electron chi connectivity index (χ3n) is 6.44. The number of ether oxygens (including phenoxy) is 1. The number of likely N-dealkylation sites (tertiary alicyclic amines) is 1. The molecule has 7 nitrogen and oxygen atoms in total. The van der Waals surface area contributed by atoms with Crippen LogP contribution in [0.2, 0.25) is 0 Å². The Morgan fingerprint density at radius 3 is 2.77 bits per heavy atom. The number of nitrogens with zero attached hydrogens (tertiary/aromatic N) is 4. The quantitative estimate of drug-likeness (QED) is 0.771. The number of hydrogen-bond donors (Lipinski definition) is 1. The highest BCUT2D eigenvalue weighted by atomic mass is 16.5. The van der Waals surface area contributed by atoms with Crippen molar-refractivity contribution < 1.29 is 9.53 Å². The van der Waals surface area contributed by atoms with E-state index in [4.69, 9.17) is 14.7 Å². The predicted molar refractivity (Wildman–Crippen MR) is 121 cm³/mol. The van der Waals surface area contributed by atoms with Crippen molar-refractivity contribution in [1.29, 1.82) is 0 Å². The number of benzene rings is 1. The van der Waals surface area contributed by atoms with Gasteiger partial charge in [-0.3, -0.25) is 4.79 Å². The molecule has 1 aromatic carbocycles. The van der Waals surface area contributed by atoms with Gasteiger partial charge in [0.15, 0.2) is 0 Å². The Kier molecular flexibility index (Phi) is 6.70. The van der Waals surface area contributed by atoms with E-state index in [-0.39, 0.29) is 11.8 Å². The van der Waals surface area contributed by atoms with Crippen molar-refractivity contribution >= 4 is 11.7 Å². The Morgan fingerprint density at radius 1 is 1.23 bits per heavy atom. The summed E-state index contributed by atoms with van der Waals surface area (Å²) in [7, 11) is 5.73. The normalized spacial score (nSPS) is 19.1. The number of fused-ring (bicyclic) bond motifs is 1. The summed E-state index contributed by atoms with van der Waals surface area (Å²) >= 11 is 0. The molecule has 4 rings (SSSR count). The maximum Gasteiger partial charge on any atom is 0.222 e. The molecule has 1 atom stereocenters. The van der Waals surface area contributed by atoms with Gasteiger partial charge in [0, 0.05) is 51.1 Å². The maximum absolute atomic E-state index is 12.9. The Morgan fingerprint density at radius 2 is 2.03 bits per heavy atom. The summed E-state index contributed by atoms with van der Waals surface area (Å²) in [5.74, 6) is 3.09. The zero-order chi connectivity index (χ0) is 21.8. The lowest BCUT2D eigenvalue weighted by atomic mass is 9.95. The van der Waals surface area contributed by atoms with E-state index < -0.39 is 0 Å². The van der Waals surface area contributed by atoms with Gasteiger partial charge in [-0.1, -0.05) is 12.1 Å². The summed E-state index contributed by atoms with van der Waals surface area (Å²) in [6, 6.07) is 7.95. The molecular formula is C24H33N5O2. The van der Waals surface area contributed by atoms with E-state index in [1.807, 2.05) is 36.2 Å². The topological polar surface area (TPSA) is 70.6 Å².